The molecule has 9 nitrogen and oxygen atoms in total. The summed E-state index contributed by atoms with van der Waals surface area (Å²) in [6.07, 6.45) is 1.43. The average molecular weight is 355 g/mol. The molecule has 1 aromatic carbocycles. The quantitative estimate of drug-likeness (QED) is 0.400. The lowest BCUT2D eigenvalue weighted by Gasteiger charge is -2.04. The van der Waals surface area contributed by atoms with E-state index in [-0.39, 0.29) is 6.61 Å². The van der Waals surface area contributed by atoms with Crippen LogP contribution in [0, 0.1) is 0 Å². The Bertz CT molecular complexity index is 524. The van der Waals surface area contributed by atoms with E-state index in [0.29, 0.717) is 13.0 Å². The number of amides is 1. The molecule has 0 radical (unpaired) electrons. The zero-order valence-corrected chi connectivity index (χ0v) is 13.9. The standard InChI is InChI=1S/C10H11NO4.C6H14N2O2/c12-9(13)6-11-10(14)15-7-8-4-2-1-3-5-8;7-4-2-1-3-5(8)6(9)10/h1-5H,6-7H2,(H,11,14)(H,12,13);5H,1-4,7-8H2,(H,9,10)/t;5-/m.0/s1. The lowest BCUT2D eigenvalue weighted by molar-refractivity contribution is -0.139. The number of hydrogen-bond donors (Lipinski definition) is 5. The van der Waals surface area contributed by atoms with Crippen molar-refractivity contribution < 1.29 is 29.3 Å². The molecule has 1 amide bonds. The minimum atomic E-state index is -1.10. The molecule has 0 saturated carbocycles. The summed E-state index contributed by atoms with van der Waals surface area (Å²) in [5, 5.41) is 18.7. The van der Waals surface area contributed by atoms with Gasteiger partial charge in [0.15, 0.2) is 0 Å². The van der Waals surface area contributed by atoms with Gasteiger partial charge in [0.2, 0.25) is 0 Å². The topological polar surface area (TPSA) is 165 Å². The van der Waals surface area contributed by atoms with Crippen LogP contribution in [0.4, 0.5) is 4.79 Å². The van der Waals surface area contributed by atoms with E-state index in [1.807, 2.05) is 30.3 Å². The van der Waals surface area contributed by atoms with Crippen LogP contribution in [0.5, 0.6) is 0 Å². The van der Waals surface area contributed by atoms with E-state index in [9.17, 15) is 14.4 Å². The Morgan fingerprint density at radius 2 is 1.76 bits per heavy atom. The molecule has 0 saturated heterocycles. The lowest BCUT2D eigenvalue weighted by Crippen LogP contribution is -2.29. The summed E-state index contributed by atoms with van der Waals surface area (Å²) in [4.78, 5) is 31.2. The molecule has 0 aliphatic heterocycles. The highest BCUT2D eigenvalue weighted by atomic mass is 16.5. The van der Waals surface area contributed by atoms with Crippen LogP contribution in [-0.2, 0) is 20.9 Å². The molecule has 0 heterocycles. The van der Waals surface area contributed by atoms with Crippen molar-refractivity contribution >= 4 is 18.0 Å². The third-order valence-electron chi connectivity index (χ3n) is 2.88. The first-order valence-corrected chi connectivity index (χ1v) is 7.71. The van der Waals surface area contributed by atoms with Crippen molar-refractivity contribution in [1.82, 2.24) is 5.32 Å². The highest BCUT2D eigenvalue weighted by Gasteiger charge is 2.09. The van der Waals surface area contributed by atoms with Crippen LogP contribution in [0.2, 0.25) is 0 Å². The largest absolute Gasteiger partial charge is 0.480 e. The van der Waals surface area contributed by atoms with Crippen LogP contribution in [0.3, 0.4) is 0 Å². The monoisotopic (exact) mass is 355 g/mol. The summed E-state index contributed by atoms with van der Waals surface area (Å²) in [5.74, 6) is -2.04. The van der Waals surface area contributed by atoms with Gasteiger partial charge in [-0.05, 0) is 24.9 Å². The number of hydrogen-bond acceptors (Lipinski definition) is 6. The van der Waals surface area contributed by atoms with Gasteiger partial charge in [0.05, 0.1) is 0 Å². The first kappa shape index (κ1) is 22.4. The molecule has 1 atom stereocenters. The van der Waals surface area contributed by atoms with E-state index >= 15 is 0 Å². The molecular weight excluding hydrogens is 330 g/mol. The number of rotatable bonds is 9. The van der Waals surface area contributed by atoms with Crippen molar-refractivity contribution in [3.05, 3.63) is 35.9 Å². The molecule has 0 aliphatic rings. The number of nitrogens with two attached hydrogens (primary N) is 2. The number of carboxylic acids is 2. The number of ether oxygens (including phenoxy) is 1. The van der Waals surface area contributed by atoms with Gasteiger partial charge < -0.3 is 31.7 Å². The first-order valence-electron chi connectivity index (χ1n) is 7.71. The Morgan fingerprint density at radius 3 is 2.28 bits per heavy atom. The van der Waals surface area contributed by atoms with Gasteiger partial charge in [-0.25, -0.2) is 4.79 Å². The third-order valence-corrected chi connectivity index (χ3v) is 2.88. The highest BCUT2D eigenvalue weighted by Crippen LogP contribution is 2.00. The SMILES string of the molecule is NCCCC[C@H](N)C(=O)O.O=C(O)CNC(=O)OCc1ccccc1. The molecule has 7 N–H and O–H groups in total. The predicted molar refractivity (Wildman–Crippen MR) is 90.8 cm³/mol. The van der Waals surface area contributed by atoms with Gasteiger partial charge >= 0.3 is 18.0 Å². The van der Waals surface area contributed by atoms with Crippen LogP contribution < -0.4 is 16.8 Å². The summed E-state index contributed by atoms with van der Waals surface area (Å²) in [6.45, 7) is 0.298. The fraction of sp³-hybridized carbons (Fsp3) is 0.438. The molecule has 1 aromatic rings. The number of carboxylic acid groups (broad SMARTS) is 2. The second-order valence-electron chi connectivity index (χ2n) is 5.04. The van der Waals surface area contributed by atoms with Gasteiger partial charge in [-0.1, -0.05) is 36.8 Å². The van der Waals surface area contributed by atoms with Crippen molar-refractivity contribution in [2.24, 2.45) is 11.5 Å². The van der Waals surface area contributed by atoms with Crippen molar-refractivity contribution in [3.63, 3.8) is 0 Å². The van der Waals surface area contributed by atoms with E-state index in [1.165, 1.54) is 0 Å². The van der Waals surface area contributed by atoms with Crippen LogP contribution in [0.25, 0.3) is 0 Å². The van der Waals surface area contributed by atoms with Gasteiger partial charge in [-0.3, -0.25) is 9.59 Å². The molecule has 0 fully saturated rings. The maximum atomic E-state index is 10.9. The molecule has 0 aliphatic carbocycles. The number of benzene rings is 1. The van der Waals surface area contributed by atoms with Gasteiger partial charge in [-0.15, -0.1) is 0 Å². The normalized spacial score (nSPS) is 10.8. The van der Waals surface area contributed by atoms with E-state index in [1.54, 1.807) is 0 Å². The number of alkyl carbamates (subject to hydrolysis) is 1. The Labute approximate surface area is 146 Å². The fourth-order valence-electron chi connectivity index (χ4n) is 1.55. The van der Waals surface area contributed by atoms with Gasteiger partial charge in [0.1, 0.15) is 19.2 Å². The molecule has 0 unspecified atom stereocenters. The number of carbonyl (C=O) groups excluding carboxylic acids is 1. The first-order chi connectivity index (χ1) is 11.9. The number of nitrogens with one attached hydrogen (secondary N) is 1. The molecule has 0 aromatic heterocycles. The maximum Gasteiger partial charge on any atom is 0.407 e. The van der Waals surface area contributed by atoms with Gasteiger partial charge in [0, 0.05) is 0 Å². The Hall–Kier alpha value is -2.65. The zero-order valence-electron chi connectivity index (χ0n) is 13.9. The highest BCUT2D eigenvalue weighted by molar-refractivity contribution is 5.76. The molecule has 9 heteroatoms. The maximum absolute atomic E-state index is 10.9. The van der Waals surface area contributed by atoms with Crippen LogP contribution in [0.1, 0.15) is 24.8 Å². The molecule has 140 valence electrons. The number of unbranched alkanes of at least 4 members (excludes halogenated alkanes) is 1. The van der Waals surface area contributed by atoms with E-state index in [0.717, 1.165) is 18.4 Å². The second kappa shape index (κ2) is 13.8. The van der Waals surface area contributed by atoms with Crippen molar-refractivity contribution in [1.29, 1.82) is 0 Å². The number of carbonyl (C=O) groups is 3. The number of aliphatic carboxylic acids is 2. The molecular formula is C16H25N3O6. The molecule has 25 heavy (non-hydrogen) atoms. The molecule has 1 rings (SSSR count). The van der Waals surface area contributed by atoms with Crippen molar-refractivity contribution in [3.8, 4) is 0 Å². The minimum absolute atomic E-state index is 0.131. The van der Waals surface area contributed by atoms with Gasteiger partial charge in [0.25, 0.3) is 0 Å². The Balaban J connectivity index is 0.000000504. The predicted octanol–water partition coefficient (Wildman–Crippen LogP) is 0.525. The van der Waals surface area contributed by atoms with Crippen molar-refractivity contribution in [2.45, 2.75) is 31.9 Å². The minimum Gasteiger partial charge on any atom is -0.480 e. The van der Waals surface area contributed by atoms with E-state index in [2.05, 4.69) is 5.32 Å². The molecule has 0 bridgehead atoms. The Morgan fingerprint density at radius 1 is 1.12 bits per heavy atom. The smallest absolute Gasteiger partial charge is 0.407 e. The summed E-state index contributed by atoms with van der Waals surface area (Å²) >= 11 is 0. The van der Waals surface area contributed by atoms with Crippen LogP contribution in [-0.4, -0.2) is 47.4 Å². The summed E-state index contributed by atoms with van der Waals surface area (Å²) in [5.41, 5.74) is 11.3. The zero-order chi connectivity index (χ0) is 19.1. The average Bonchev–Trinajstić information content (AvgIpc) is 2.59. The van der Waals surface area contributed by atoms with Gasteiger partial charge in [-0.2, -0.15) is 0 Å². The van der Waals surface area contributed by atoms with Crippen LogP contribution in [0.15, 0.2) is 30.3 Å². The summed E-state index contributed by atoms with van der Waals surface area (Å²) < 4.78 is 4.77. The third kappa shape index (κ3) is 13.5. The lowest BCUT2D eigenvalue weighted by atomic mass is 10.1. The second-order valence-corrected chi connectivity index (χ2v) is 5.04. The fourth-order valence-corrected chi connectivity index (χ4v) is 1.55. The van der Waals surface area contributed by atoms with Crippen molar-refractivity contribution in [2.75, 3.05) is 13.1 Å². The molecule has 0 spiro atoms. The summed E-state index contributed by atoms with van der Waals surface area (Å²) in [6, 6.07) is 8.41. The van der Waals surface area contributed by atoms with Crippen LogP contribution >= 0.6 is 0 Å². The summed E-state index contributed by atoms with van der Waals surface area (Å²) in [7, 11) is 0. The van der Waals surface area contributed by atoms with E-state index < -0.39 is 30.6 Å². The van der Waals surface area contributed by atoms with E-state index in [4.69, 9.17) is 26.4 Å². The Kier molecular flexibility index (Phi) is 12.3.